The van der Waals surface area contributed by atoms with Crippen molar-refractivity contribution in [1.29, 1.82) is 0 Å². The van der Waals surface area contributed by atoms with E-state index in [1.807, 2.05) is 0 Å². The first kappa shape index (κ1) is 7.60. The standard InChI is InChI=1S/C11H16N2/c1-11(2)7-12-13-9-5-3-8(4-6-9)10(11)13/h3,5,7-10H,4,6H2,1-2H3/t8-,9-,10+/m0/s1. The number of nitrogens with zero attached hydrogens (tertiary/aromatic N) is 2. The lowest BCUT2D eigenvalue weighted by Gasteiger charge is -2.47. The van der Waals surface area contributed by atoms with Gasteiger partial charge in [-0.25, -0.2) is 0 Å². The summed E-state index contributed by atoms with van der Waals surface area (Å²) in [4.78, 5) is 0. The Bertz CT molecular complexity index is 290. The van der Waals surface area contributed by atoms with E-state index in [0.29, 0.717) is 12.1 Å². The lowest BCUT2D eigenvalue weighted by atomic mass is 9.71. The quantitative estimate of drug-likeness (QED) is 0.516. The van der Waals surface area contributed by atoms with E-state index in [0.717, 1.165) is 5.92 Å². The van der Waals surface area contributed by atoms with Crippen molar-refractivity contribution >= 4 is 6.21 Å². The van der Waals surface area contributed by atoms with Crippen LogP contribution in [0, 0.1) is 11.3 Å². The Hall–Kier alpha value is -0.790. The monoisotopic (exact) mass is 176 g/mol. The molecule has 13 heavy (non-hydrogen) atoms. The van der Waals surface area contributed by atoms with Crippen LogP contribution in [-0.2, 0) is 0 Å². The molecule has 0 amide bonds. The first-order valence-electron chi connectivity index (χ1n) is 5.20. The average Bonchev–Trinajstić information content (AvgIpc) is 2.47. The summed E-state index contributed by atoms with van der Waals surface area (Å²) in [5.74, 6) is 0.738. The number of hydrogen-bond acceptors (Lipinski definition) is 2. The van der Waals surface area contributed by atoms with Gasteiger partial charge >= 0.3 is 0 Å². The Kier molecular flexibility index (Phi) is 1.27. The van der Waals surface area contributed by atoms with Crippen LogP contribution in [-0.4, -0.2) is 23.3 Å². The van der Waals surface area contributed by atoms with E-state index in [2.05, 4.69) is 42.3 Å². The molecule has 1 aliphatic carbocycles. The van der Waals surface area contributed by atoms with Crippen LogP contribution >= 0.6 is 0 Å². The molecule has 0 aromatic heterocycles. The third-order valence-corrected chi connectivity index (χ3v) is 3.69. The molecule has 0 aromatic carbocycles. The Morgan fingerprint density at radius 1 is 1.31 bits per heavy atom. The van der Waals surface area contributed by atoms with Gasteiger partial charge in [0.25, 0.3) is 0 Å². The molecule has 2 heteroatoms. The van der Waals surface area contributed by atoms with Crippen LogP contribution in [0.5, 0.6) is 0 Å². The van der Waals surface area contributed by atoms with E-state index < -0.39 is 0 Å². The van der Waals surface area contributed by atoms with Crippen LogP contribution in [0.2, 0.25) is 0 Å². The van der Waals surface area contributed by atoms with Gasteiger partial charge in [0, 0.05) is 11.6 Å². The van der Waals surface area contributed by atoms with Crippen LogP contribution in [0.4, 0.5) is 0 Å². The van der Waals surface area contributed by atoms with E-state index in [9.17, 15) is 0 Å². The molecule has 0 N–H and O–H groups in total. The summed E-state index contributed by atoms with van der Waals surface area (Å²) in [5.41, 5.74) is 0.272. The zero-order valence-electron chi connectivity index (χ0n) is 8.27. The summed E-state index contributed by atoms with van der Waals surface area (Å²) >= 11 is 0. The minimum Gasteiger partial charge on any atom is -0.286 e. The number of piperidine rings is 1. The van der Waals surface area contributed by atoms with Crippen molar-refractivity contribution in [2.24, 2.45) is 16.4 Å². The fraction of sp³-hybridized carbons (Fsp3) is 0.727. The van der Waals surface area contributed by atoms with Gasteiger partial charge in [0.15, 0.2) is 0 Å². The molecule has 2 nitrogen and oxygen atoms in total. The minimum absolute atomic E-state index is 0.272. The topological polar surface area (TPSA) is 15.6 Å². The largest absolute Gasteiger partial charge is 0.286 e. The van der Waals surface area contributed by atoms with Crippen molar-refractivity contribution in [3.05, 3.63) is 12.2 Å². The van der Waals surface area contributed by atoms with Crippen molar-refractivity contribution in [1.82, 2.24) is 5.01 Å². The van der Waals surface area contributed by atoms with E-state index >= 15 is 0 Å². The van der Waals surface area contributed by atoms with Crippen LogP contribution in [0.3, 0.4) is 0 Å². The van der Waals surface area contributed by atoms with E-state index in [1.165, 1.54) is 12.8 Å². The van der Waals surface area contributed by atoms with Gasteiger partial charge in [0.1, 0.15) is 0 Å². The average molecular weight is 176 g/mol. The fourth-order valence-electron chi connectivity index (χ4n) is 3.05. The van der Waals surface area contributed by atoms with E-state index in [4.69, 9.17) is 0 Å². The summed E-state index contributed by atoms with van der Waals surface area (Å²) in [5, 5.41) is 6.88. The number of hydrogen-bond donors (Lipinski definition) is 0. The molecule has 0 unspecified atom stereocenters. The summed E-state index contributed by atoms with van der Waals surface area (Å²) in [7, 11) is 0. The Labute approximate surface area is 79.3 Å². The molecule has 0 saturated carbocycles. The van der Waals surface area contributed by atoms with Crippen molar-refractivity contribution < 1.29 is 0 Å². The van der Waals surface area contributed by atoms with Gasteiger partial charge < -0.3 is 0 Å². The maximum Gasteiger partial charge on any atom is 0.0654 e. The third-order valence-electron chi connectivity index (χ3n) is 3.69. The highest BCUT2D eigenvalue weighted by molar-refractivity contribution is 5.68. The first-order valence-corrected chi connectivity index (χ1v) is 5.20. The van der Waals surface area contributed by atoms with Gasteiger partial charge in [-0.2, -0.15) is 5.10 Å². The molecule has 70 valence electrons. The van der Waals surface area contributed by atoms with Gasteiger partial charge in [-0.15, -0.1) is 0 Å². The molecule has 0 aromatic rings. The highest BCUT2D eigenvalue weighted by Crippen LogP contribution is 2.45. The summed E-state index contributed by atoms with van der Waals surface area (Å²) in [6.07, 6.45) is 9.53. The first-order chi connectivity index (χ1) is 6.18. The molecule has 3 atom stereocenters. The molecule has 3 heterocycles. The predicted octanol–water partition coefficient (Wildman–Crippen LogP) is 2.03. The number of rotatable bonds is 0. The Morgan fingerprint density at radius 2 is 2.15 bits per heavy atom. The van der Waals surface area contributed by atoms with Crippen LogP contribution in [0.15, 0.2) is 17.3 Å². The summed E-state index contributed by atoms with van der Waals surface area (Å²) < 4.78 is 0. The second kappa shape index (κ2) is 2.17. The van der Waals surface area contributed by atoms with Crippen molar-refractivity contribution in [3.8, 4) is 0 Å². The predicted molar refractivity (Wildman–Crippen MR) is 53.6 cm³/mol. The molecule has 4 aliphatic rings. The number of fused-ring (bicyclic) bond motifs is 1. The minimum atomic E-state index is 0.272. The second-order valence-electron chi connectivity index (χ2n) is 5.08. The van der Waals surface area contributed by atoms with Gasteiger partial charge in [0.05, 0.1) is 12.1 Å². The molecule has 3 aliphatic heterocycles. The lowest BCUT2D eigenvalue weighted by molar-refractivity contribution is 0.0427. The van der Waals surface area contributed by atoms with Gasteiger partial charge in [-0.1, -0.05) is 26.0 Å². The van der Waals surface area contributed by atoms with Crippen LogP contribution in [0.1, 0.15) is 26.7 Å². The number of hydrazone groups is 1. The second-order valence-corrected chi connectivity index (χ2v) is 5.08. The lowest BCUT2D eigenvalue weighted by Crippen LogP contribution is -2.52. The maximum absolute atomic E-state index is 4.55. The zero-order valence-corrected chi connectivity index (χ0v) is 8.27. The molecule has 1 fully saturated rings. The molecule has 0 radical (unpaired) electrons. The molecule has 2 bridgehead atoms. The Morgan fingerprint density at radius 3 is 2.77 bits per heavy atom. The van der Waals surface area contributed by atoms with Gasteiger partial charge in [-0.05, 0) is 18.8 Å². The highest BCUT2D eigenvalue weighted by Gasteiger charge is 2.48. The SMILES string of the molecule is CC1(C)C=NN2[C@H]3C=C[C@@H](CC3)[C@@H]21. The Balaban J connectivity index is 2.03. The van der Waals surface area contributed by atoms with Crippen LogP contribution in [0.25, 0.3) is 0 Å². The highest BCUT2D eigenvalue weighted by atomic mass is 15.5. The normalized spacial score (nSPS) is 44.2. The summed E-state index contributed by atoms with van der Waals surface area (Å²) in [6, 6.07) is 1.23. The van der Waals surface area contributed by atoms with Crippen molar-refractivity contribution in [3.63, 3.8) is 0 Å². The smallest absolute Gasteiger partial charge is 0.0654 e. The maximum atomic E-state index is 4.55. The molecule has 1 saturated heterocycles. The van der Waals surface area contributed by atoms with Gasteiger partial charge in [0.2, 0.25) is 0 Å². The van der Waals surface area contributed by atoms with E-state index in [1.54, 1.807) is 0 Å². The van der Waals surface area contributed by atoms with Crippen LogP contribution < -0.4 is 0 Å². The molecular formula is C11H16N2. The third kappa shape index (κ3) is 0.862. The van der Waals surface area contributed by atoms with E-state index in [-0.39, 0.29) is 5.41 Å². The fourth-order valence-corrected chi connectivity index (χ4v) is 3.05. The molecular weight excluding hydrogens is 160 g/mol. The molecule has 0 spiro atoms. The summed E-state index contributed by atoms with van der Waals surface area (Å²) in [6.45, 7) is 4.60. The van der Waals surface area contributed by atoms with Gasteiger partial charge in [-0.3, -0.25) is 5.01 Å². The zero-order chi connectivity index (χ0) is 9.05. The van der Waals surface area contributed by atoms with Crippen molar-refractivity contribution in [2.45, 2.75) is 38.8 Å². The molecule has 4 rings (SSSR count). The van der Waals surface area contributed by atoms with Crippen molar-refractivity contribution in [2.75, 3.05) is 0 Å².